The Hall–Kier alpha value is -1.05. The second kappa shape index (κ2) is 4.91. The quantitative estimate of drug-likeness (QED) is 0.932. The summed E-state index contributed by atoms with van der Waals surface area (Å²) in [7, 11) is 0. The monoisotopic (exact) mass is 306 g/mol. The Kier molecular flexibility index (Phi) is 3.27. The third-order valence-electron chi connectivity index (χ3n) is 3.66. The van der Waals surface area contributed by atoms with Crippen molar-refractivity contribution < 1.29 is 4.74 Å². The van der Waals surface area contributed by atoms with Crippen LogP contribution in [0.5, 0.6) is 0 Å². The zero-order valence-electron chi connectivity index (χ0n) is 10.0. The van der Waals surface area contributed by atoms with E-state index >= 15 is 0 Å². The van der Waals surface area contributed by atoms with Gasteiger partial charge < -0.3 is 10.1 Å². The first-order valence-electron chi connectivity index (χ1n) is 6.36. The van der Waals surface area contributed by atoms with Crippen LogP contribution in [0.25, 0.3) is 0 Å². The first-order chi connectivity index (χ1) is 8.78. The van der Waals surface area contributed by atoms with Gasteiger partial charge in [0.05, 0.1) is 23.8 Å². The van der Waals surface area contributed by atoms with Crippen LogP contribution in [0.1, 0.15) is 24.8 Å². The third kappa shape index (κ3) is 2.38. The van der Waals surface area contributed by atoms with E-state index in [1.807, 2.05) is 18.2 Å². The molecule has 1 aromatic carbocycles. The number of halogens is 1. The van der Waals surface area contributed by atoms with Gasteiger partial charge in [-0.1, -0.05) is 0 Å². The fourth-order valence-corrected chi connectivity index (χ4v) is 3.05. The summed E-state index contributed by atoms with van der Waals surface area (Å²) in [6.07, 6.45) is 4.04. The van der Waals surface area contributed by atoms with Crippen LogP contribution in [0.15, 0.2) is 22.7 Å². The summed E-state index contributed by atoms with van der Waals surface area (Å²) in [5.74, 6) is 0.752. The second-order valence-electron chi connectivity index (χ2n) is 5.02. The largest absolute Gasteiger partial charge is 0.379 e. The predicted molar refractivity (Wildman–Crippen MR) is 73.3 cm³/mol. The van der Waals surface area contributed by atoms with Crippen molar-refractivity contribution in [1.82, 2.24) is 0 Å². The molecule has 4 heteroatoms. The molecule has 3 nitrogen and oxygen atoms in total. The number of hydrogen-bond donors (Lipinski definition) is 1. The van der Waals surface area contributed by atoms with Gasteiger partial charge in [-0.3, -0.25) is 0 Å². The molecule has 0 spiro atoms. The number of hydrogen-bond acceptors (Lipinski definition) is 3. The van der Waals surface area contributed by atoms with Gasteiger partial charge in [-0.05, 0) is 59.3 Å². The number of nitriles is 1. The molecule has 2 unspecified atom stereocenters. The first-order valence-corrected chi connectivity index (χ1v) is 7.15. The van der Waals surface area contributed by atoms with Gasteiger partial charge in [-0.15, -0.1) is 0 Å². The summed E-state index contributed by atoms with van der Waals surface area (Å²) in [5, 5.41) is 12.4. The molecule has 1 saturated heterocycles. The van der Waals surface area contributed by atoms with Crippen molar-refractivity contribution >= 4 is 21.6 Å². The van der Waals surface area contributed by atoms with Crippen molar-refractivity contribution in [3.05, 3.63) is 28.2 Å². The molecule has 1 heterocycles. The number of anilines is 1. The molecule has 0 aromatic heterocycles. The highest BCUT2D eigenvalue weighted by Gasteiger charge is 2.40. The van der Waals surface area contributed by atoms with Gasteiger partial charge >= 0.3 is 0 Å². The molecule has 1 aliphatic carbocycles. The van der Waals surface area contributed by atoms with E-state index in [4.69, 9.17) is 10.00 Å². The van der Waals surface area contributed by atoms with Crippen LogP contribution >= 0.6 is 15.9 Å². The molecule has 2 aliphatic rings. The minimum atomic E-state index is 0.368. The van der Waals surface area contributed by atoms with Gasteiger partial charge in [-0.25, -0.2) is 0 Å². The van der Waals surface area contributed by atoms with Gasteiger partial charge in [0.15, 0.2) is 0 Å². The molecule has 1 N–H and O–H groups in total. The summed E-state index contributed by atoms with van der Waals surface area (Å²) in [6.45, 7) is 0.854. The third-order valence-corrected chi connectivity index (χ3v) is 4.32. The number of benzene rings is 1. The zero-order valence-corrected chi connectivity index (χ0v) is 11.6. The standard InChI is InChI=1S/C14H15BrN2O/c15-11-7-9(8-16)1-4-12(11)17-13-5-6-18-14(13)10-2-3-10/h1,4,7,10,13-14,17H,2-3,5-6H2. The fourth-order valence-electron chi connectivity index (χ4n) is 2.56. The molecule has 1 aromatic rings. The molecule has 3 rings (SSSR count). The Bertz CT molecular complexity index is 493. The van der Waals surface area contributed by atoms with Gasteiger partial charge in [0.25, 0.3) is 0 Å². The Morgan fingerprint density at radius 3 is 2.83 bits per heavy atom. The maximum Gasteiger partial charge on any atom is 0.0992 e. The van der Waals surface area contributed by atoms with Gasteiger partial charge in [0.1, 0.15) is 0 Å². The SMILES string of the molecule is N#Cc1ccc(NC2CCOC2C2CC2)c(Br)c1. The van der Waals surface area contributed by atoms with Crippen molar-refractivity contribution in [1.29, 1.82) is 5.26 Å². The lowest BCUT2D eigenvalue weighted by Gasteiger charge is -2.21. The predicted octanol–water partition coefficient (Wildman–Crippen LogP) is 3.30. The van der Waals surface area contributed by atoms with Crippen molar-refractivity contribution in [2.45, 2.75) is 31.4 Å². The van der Waals surface area contributed by atoms with E-state index in [-0.39, 0.29) is 0 Å². The van der Waals surface area contributed by atoms with Gasteiger partial charge in [0.2, 0.25) is 0 Å². The number of rotatable bonds is 3. The van der Waals surface area contributed by atoms with Crippen LogP contribution in [0.2, 0.25) is 0 Å². The van der Waals surface area contributed by atoms with E-state index in [0.717, 1.165) is 29.1 Å². The molecule has 18 heavy (non-hydrogen) atoms. The number of nitrogens with one attached hydrogen (secondary N) is 1. The van der Waals surface area contributed by atoms with E-state index in [2.05, 4.69) is 27.3 Å². The molecule has 94 valence electrons. The van der Waals surface area contributed by atoms with E-state index < -0.39 is 0 Å². The summed E-state index contributed by atoms with van der Waals surface area (Å²) >= 11 is 3.51. The minimum Gasteiger partial charge on any atom is -0.379 e. The Morgan fingerprint density at radius 1 is 1.33 bits per heavy atom. The van der Waals surface area contributed by atoms with Gasteiger partial charge in [-0.2, -0.15) is 5.26 Å². The molecular formula is C14H15BrN2O. The lowest BCUT2D eigenvalue weighted by Crippen LogP contribution is -2.31. The summed E-state index contributed by atoms with van der Waals surface area (Å²) in [5.41, 5.74) is 1.73. The summed E-state index contributed by atoms with van der Waals surface area (Å²) in [6, 6.07) is 8.20. The van der Waals surface area contributed by atoms with Gasteiger partial charge in [0, 0.05) is 16.8 Å². The fraction of sp³-hybridized carbons (Fsp3) is 0.500. The minimum absolute atomic E-state index is 0.368. The van der Waals surface area contributed by atoms with Crippen LogP contribution in [0.4, 0.5) is 5.69 Å². The molecular weight excluding hydrogens is 292 g/mol. The Balaban J connectivity index is 1.74. The molecule has 0 amide bonds. The maximum atomic E-state index is 8.85. The summed E-state index contributed by atoms with van der Waals surface area (Å²) in [4.78, 5) is 0. The topological polar surface area (TPSA) is 45.0 Å². The maximum absolute atomic E-state index is 8.85. The van der Waals surface area contributed by atoms with E-state index in [1.54, 1.807) is 0 Å². The van der Waals surface area contributed by atoms with Crippen molar-refractivity contribution in [3.63, 3.8) is 0 Å². The van der Waals surface area contributed by atoms with E-state index in [9.17, 15) is 0 Å². The first kappa shape index (κ1) is 12.0. The van der Waals surface area contributed by atoms with Crippen molar-refractivity contribution in [3.8, 4) is 6.07 Å². The number of ether oxygens (including phenoxy) is 1. The highest BCUT2D eigenvalue weighted by Crippen LogP contribution is 2.40. The average molecular weight is 307 g/mol. The van der Waals surface area contributed by atoms with Crippen LogP contribution in [-0.4, -0.2) is 18.8 Å². The zero-order chi connectivity index (χ0) is 12.5. The van der Waals surface area contributed by atoms with Crippen LogP contribution in [-0.2, 0) is 4.74 Å². The number of nitrogens with zero attached hydrogens (tertiary/aromatic N) is 1. The molecule has 1 aliphatic heterocycles. The van der Waals surface area contributed by atoms with Crippen molar-refractivity contribution in [2.24, 2.45) is 5.92 Å². The lowest BCUT2D eigenvalue weighted by molar-refractivity contribution is 0.0898. The van der Waals surface area contributed by atoms with Crippen LogP contribution < -0.4 is 5.32 Å². The molecule has 0 radical (unpaired) electrons. The second-order valence-corrected chi connectivity index (χ2v) is 5.87. The van der Waals surface area contributed by atoms with Crippen LogP contribution in [0.3, 0.4) is 0 Å². The molecule has 1 saturated carbocycles. The Labute approximate surface area is 115 Å². The lowest BCUT2D eigenvalue weighted by atomic mass is 10.1. The van der Waals surface area contributed by atoms with Crippen LogP contribution in [0, 0.1) is 17.2 Å². The average Bonchev–Trinajstić information content (AvgIpc) is 3.12. The van der Waals surface area contributed by atoms with E-state index in [0.29, 0.717) is 17.7 Å². The molecule has 2 atom stereocenters. The highest BCUT2D eigenvalue weighted by atomic mass is 79.9. The van der Waals surface area contributed by atoms with Crippen molar-refractivity contribution in [2.75, 3.05) is 11.9 Å². The Morgan fingerprint density at radius 2 is 2.17 bits per heavy atom. The van der Waals surface area contributed by atoms with E-state index in [1.165, 1.54) is 12.8 Å². The molecule has 2 fully saturated rings. The molecule has 0 bridgehead atoms. The normalized spacial score (nSPS) is 26.9. The highest BCUT2D eigenvalue weighted by molar-refractivity contribution is 9.10. The summed E-state index contributed by atoms with van der Waals surface area (Å²) < 4.78 is 6.76. The smallest absolute Gasteiger partial charge is 0.0992 e.